The number of ether oxygens (including phenoxy) is 1. The Morgan fingerprint density at radius 2 is 2.45 bits per heavy atom. The number of nitrogens with zero attached hydrogens (tertiary/aromatic N) is 3. The lowest BCUT2D eigenvalue weighted by Crippen LogP contribution is -2.41. The Hall–Kier alpha value is -1.96. The predicted octanol–water partition coefficient (Wildman–Crippen LogP) is -0.235. The van der Waals surface area contributed by atoms with Crippen molar-refractivity contribution < 1.29 is 14.3 Å². The molecule has 0 bridgehead atoms. The second-order valence-electron chi connectivity index (χ2n) is 5.08. The third-order valence-electron chi connectivity index (χ3n) is 3.49. The second kappa shape index (κ2) is 5.20. The van der Waals surface area contributed by atoms with Crippen molar-refractivity contribution in [2.45, 2.75) is 38.3 Å². The number of hydrogen-bond donors (Lipinski definition) is 2. The summed E-state index contributed by atoms with van der Waals surface area (Å²) in [5.41, 5.74) is 0. The van der Waals surface area contributed by atoms with E-state index >= 15 is 0 Å². The smallest absolute Gasteiger partial charge is 0.245 e. The number of hydrogen-bond acceptors (Lipinski definition) is 5. The molecule has 1 aromatic rings. The van der Waals surface area contributed by atoms with Crippen LogP contribution in [0.5, 0.6) is 0 Å². The molecule has 3 heterocycles. The van der Waals surface area contributed by atoms with E-state index in [2.05, 4.69) is 20.7 Å². The van der Waals surface area contributed by atoms with Crippen LogP contribution >= 0.6 is 0 Å². The number of aryl methyl sites for hydroxylation is 1. The number of amides is 2. The quantitative estimate of drug-likeness (QED) is 0.796. The Morgan fingerprint density at radius 1 is 1.60 bits per heavy atom. The first-order valence-electron chi connectivity index (χ1n) is 6.76. The zero-order valence-electron chi connectivity index (χ0n) is 11.3. The molecule has 0 aromatic carbocycles. The molecule has 0 aliphatic carbocycles. The molecule has 3 rings (SSSR count). The largest absolute Gasteiger partial charge is 0.376 e. The molecule has 2 aliphatic rings. The van der Waals surface area contributed by atoms with Gasteiger partial charge in [-0.3, -0.25) is 14.9 Å². The van der Waals surface area contributed by atoms with Gasteiger partial charge in [0.05, 0.1) is 12.5 Å². The zero-order chi connectivity index (χ0) is 14.1. The molecule has 0 spiro atoms. The van der Waals surface area contributed by atoms with Crippen LogP contribution < -0.4 is 10.6 Å². The zero-order valence-corrected chi connectivity index (χ0v) is 11.3. The summed E-state index contributed by atoms with van der Waals surface area (Å²) in [5, 5.41) is 9.61. The van der Waals surface area contributed by atoms with Crippen LogP contribution in [0.2, 0.25) is 0 Å². The Balaban J connectivity index is 1.69. The van der Waals surface area contributed by atoms with Gasteiger partial charge in [-0.15, -0.1) is 0 Å². The number of nitrogens with one attached hydrogen (secondary N) is 2. The van der Waals surface area contributed by atoms with Gasteiger partial charge in [-0.1, -0.05) is 0 Å². The summed E-state index contributed by atoms with van der Waals surface area (Å²) in [4.78, 5) is 27.9. The maximum Gasteiger partial charge on any atom is 0.245 e. The van der Waals surface area contributed by atoms with Crippen LogP contribution in [-0.4, -0.2) is 45.8 Å². The summed E-state index contributed by atoms with van der Waals surface area (Å²) < 4.78 is 6.93. The van der Waals surface area contributed by atoms with Crippen LogP contribution in [0, 0.1) is 6.92 Å². The standard InChI is InChI=1S/C12H17N5O3/c1-7-14-12-15-10(18)5-9(17(12)16-7)11(19)13-6-8-3-2-4-20-8/h8-9H,2-6H2,1H3,(H,13,19)(H,14,15,16,18)/t8-,9-/m1/s1. The summed E-state index contributed by atoms with van der Waals surface area (Å²) in [6.07, 6.45) is 2.14. The number of carbonyl (C=O) groups is 2. The van der Waals surface area contributed by atoms with Gasteiger partial charge in [-0.2, -0.15) is 10.1 Å². The fourth-order valence-electron chi connectivity index (χ4n) is 2.51. The Kier molecular flexibility index (Phi) is 3.39. The van der Waals surface area contributed by atoms with E-state index in [0.717, 1.165) is 19.4 Å². The summed E-state index contributed by atoms with van der Waals surface area (Å²) in [6.45, 7) is 2.94. The molecule has 1 fully saturated rings. The molecule has 108 valence electrons. The van der Waals surface area contributed by atoms with Crippen molar-refractivity contribution in [3.05, 3.63) is 5.82 Å². The van der Waals surface area contributed by atoms with Gasteiger partial charge in [0.2, 0.25) is 17.8 Å². The number of fused-ring (bicyclic) bond motifs is 1. The molecular weight excluding hydrogens is 262 g/mol. The van der Waals surface area contributed by atoms with Crippen molar-refractivity contribution in [1.29, 1.82) is 0 Å². The highest BCUT2D eigenvalue weighted by Crippen LogP contribution is 2.22. The maximum atomic E-state index is 12.2. The average molecular weight is 279 g/mol. The number of aromatic nitrogens is 3. The van der Waals surface area contributed by atoms with E-state index in [1.54, 1.807) is 6.92 Å². The highest BCUT2D eigenvalue weighted by molar-refractivity contribution is 5.96. The molecule has 2 amide bonds. The summed E-state index contributed by atoms with van der Waals surface area (Å²) in [5.74, 6) is 0.416. The Bertz CT molecular complexity index is 535. The topological polar surface area (TPSA) is 98.1 Å². The van der Waals surface area contributed by atoms with Crippen molar-refractivity contribution in [3.8, 4) is 0 Å². The minimum absolute atomic E-state index is 0.0765. The molecule has 0 saturated carbocycles. The minimum atomic E-state index is -0.638. The van der Waals surface area contributed by atoms with Gasteiger partial charge in [0.1, 0.15) is 11.9 Å². The van der Waals surface area contributed by atoms with Crippen molar-refractivity contribution in [1.82, 2.24) is 20.1 Å². The molecule has 2 atom stereocenters. The van der Waals surface area contributed by atoms with Gasteiger partial charge in [-0.05, 0) is 19.8 Å². The normalized spacial score (nSPS) is 25.1. The van der Waals surface area contributed by atoms with Crippen molar-refractivity contribution in [3.63, 3.8) is 0 Å². The number of carbonyl (C=O) groups excluding carboxylic acids is 2. The summed E-state index contributed by atoms with van der Waals surface area (Å²) in [7, 11) is 0. The number of anilines is 1. The average Bonchev–Trinajstić information content (AvgIpc) is 3.03. The third-order valence-corrected chi connectivity index (χ3v) is 3.49. The maximum absolute atomic E-state index is 12.2. The van der Waals surface area contributed by atoms with Gasteiger partial charge < -0.3 is 10.1 Å². The van der Waals surface area contributed by atoms with Gasteiger partial charge in [-0.25, -0.2) is 4.68 Å². The van der Waals surface area contributed by atoms with E-state index < -0.39 is 6.04 Å². The van der Waals surface area contributed by atoms with Gasteiger partial charge in [0.15, 0.2) is 0 Å². The van der Waals surface area contributed by atoms with Crippen LogP contribution in [0.25, 0.3) is 0 Å². The third kappa shape index (κ3) is 2.51. The van der Waals surface area contributed by atoms with Crippen LogP contribution in [0.1, 0.15) is 31.1 Å². The summed E-state index contributed by atoms with van der Waals surface area (Å²) in [6, 6.07) is -0.638. The van der Waals surface area contributed by atoms with E-state index in [1.165, 1.54) is 4.68 Å². The molecule has 1 saturated heterocycles. The molecule has 0 unspecified atom stereocenters. The lowest BCUT2D eigenvalue weighted by Gasteiger charge is -2.23. The first kappa shape index (κ1) is 13.0. The highest BCUT2D eigenvalue weighted by atomic mass is 16.5. The molecule has 0 radical (unpaired) electrons. The van der Waals surface area contributed by atoms with Gasteiger partial charge in [0.25, 0.3) is 0 Å². The minimum Gasteiger partial charge on any atom is -0.376 e. The van der Waals surface area contributed by atoms with E-state index in [4.69, 9.17) is 4.74 Å². The van der Waals surface area contributed by atoms with E-state index in [0.29, 0.717) is 18.3 Å². The van der Waals surface area contributed by atoms with Crippen molar-refractivity contribution >= 4 is 17.8 Å². The van der Waals surface area contributed by atoms with Crippen LogP contribution in [0.3, 0.4) is 0 Å². The van der Waals surface area contributed by atoms with Crippen LogP contribution in [0.4, 0.5) is 5.95 Å². The second-order valence-corrected chi connectivity index (χ2v) is 5.08. The van der Waals surface area contributed by atoms with Gasteiger partial charge >= 0.3 is 0 Å². The molecule has 2 N–H and O–H groups in total. The van der Waals surface area contributed by atoms with Gasteiger partial charge in [0, 0.05) is 13.2 Å². The predicted molar refractivity (Wildman–Crippen MR) is 69.0 cm³/mol. The monoisotopic (exact) mass is 279 g/mol. The first-order chi connectivity index (χ1) is 9.63. The SMILES string of the molecule is Cc1nc2n(n1)[C@@H](C(=O)NC[C@H]1CCCO1)CC(=O)N2. The van der Waals surface area contributed by atoms with Crippen LogP contribution in [0.15, 0.2) is 0 Å². The highest BCUT2D eigenvalue weighted by Gasteiger charge is 2.32. The molecule has 1 aromatic heterocycles. The molecule has 8 nitrogen and oxygen atoms in total. The Labute approximate surface area is 115 Å². The van der Waals surface area contributed by atoms with E-state index in [9.17, 15) is 9.59 Å². The van der Waals surface area contributed by atoms with E-state index in [-0.39, 0.29) is 24.3 Å². The van der Waals surface area contributed by atoms with Crippen molar-refractivity contribution in [2.75, 3.05) is 18.5 Å². The molecular formula is C12H17N5O3. The number of rotatable bonds is 3. The summed E-state index contributed by atoms with van der Waals surface area (Å²) >= 11 is 0. The fraction of sp³-hybridized carbons (Fsp3) is 0.667. The lowest BCUT2D eigenvalue weighted by molar-refractivity contribution is -0.129. The molecule has 20 heavy (non-hydrogen) atoms. The van der Waals surface area contributed by atoms with Crippen LogP contribution in [-0.2, 0) is 14.3 Å². The van der Waals surface area contributed by atoms with E-state index in [1.807, 2.05) is 0 Å². The fourth-order valence-corrected chi connectivity index (χ4v) is 2.51. The molecule has 8 heteroatoms. The lowest BCUT2D eigenvalue weighted by atomic mass is 10.1. The molecule has 2 aliphatic heterocycles. The Morgan fingerprint density at radius 3 is 3.20 bits per heavy atom. The first-order valence-corrected chi connectivity index (χ1v) is 6.76. The van der Waals surface area contributed by atoms with Crippen molar-refractivity contribution in [2.24, 2.45) is 0 Å².